The number of benzene rings is 2. The third-order valence-corrected chi connectivity index (χ3v) is 3.96. The van der Waals surface area contributed by atoms with Crippen LogP contribution in [0.15, 0.2) is 47.6 Å². The van der Waals surface area contributed by atoms with Crippen LogP contribution < -0.4 is 14.9 Å². The molecule has 1 amide bonds. The molecule has 0 spiro atoms. The SMILES string of the molecule is COc1ccc(/C=N/NC(=O)COc2ccc(C(C)(C)C)cc2)cc1Cl. The minimum absolute atomic E-state index is 0.0783. The second kappa shape index (κ2) is 8.72. The summed E-state index contributed by atoms with van der Waals surface area (Å²) in [5.74, 6) is 0.874. The summed E-state index contributed by atoms with van der Waals surface area (Å²) in [6.07, 6.45) is 1.50. The standard InChI is InChI=1S/C20H23ClN2O3/c1-20(2,3)15-6-8-16(9-7-15)26-13-19(24)23-22-12-14-5-10-18(25-4)17(21)11-14/h5-12H,13H2,1-4H3,(H,23,24)/b22-12+. The highest BCUT2D eigenvalue weighted by Gasteiger charge is 2.13. The van der Waals surface area contributed by atoms with Gasteiger partial charge in [0, 0.05) is 0 Å². The number of carbonyl (C=O) groups is 1. The first kappa shape index (κ1) is 19.8. The first-order chi connectivity index (χ1) is 12.3. The molecule has 6 heteroatoms. The van der Waals surface area contributed by atoms with E-state index in [9.17, 15) is 4.79 Å². The van der Waals surface area contributed by atoms with Crippen molar-refractivity contribution in [3.05, 3.63) is 58.6 Å². The van der Waals surface area contributed by atoms with E-state index in [2.05, 4.69) is 31.3 Å². The van der Waals surface area contributed by atoms with Crippen LogP contribution in [0.5, 0.6) is 11.5 Å². The van der Waals surface area contributed by atoms with Crippen LogP contribution in [0.25, 0.3) is 0 Å². The number of methoxy groups -OCH3 is 1. The summed E-state index contributed by atoms with van der Waals surface area (Å²) in [4.78, 5) is 11.8. The molecule has 0 aliphatic heterocycles. The van der Waals surface area contributed by atoms with Gasteiger partial charge in [0.1, 0.15) is 11.5 Å². The van der Waals surface area contributed by atoms with Gasteiger partial charge in [0.05, 0.1) is 18.3 Å². The van der Waals surface area contributed by atoms with Crippen LogP contribution in [-0.4, -0.2) is 25.8 Å². The molecule has 0 radical (unpaired) electrons. The number of hydrogen-bond donors (Lipinski definition) is 1. The second-order valence-electron chi connectivity index (χ2n) is 6.75. The summed E-state index contributed by atoms with van der Waals surface area (Å²) < 4.78 is 10.5. The Morgan fingerprint density at radius 1 is 1.19 bits per heavy atom. The monoisotopic (exact) mass is 374 g/mol. The Morgan fingerprint density at radius 2 is 1.88 bits per heavy atom. The van der Waals surface area contributed by atoms with Gasteiger partial charge in [0.15, 0.2) is 6.61 Å². The van der Waals surface area contributed by atoms with E-state index < -0.39 is 0 Å². The van der Waals surface area contributed by atoms with E-state index in [1.54, 1.807) is 25.3 Å². The van der Waals surface area contributed by atoms with Gasteiger partial charge in [-0.2, -0.15) is 5.10 Å². The van der Waals surface area contributed by atoms with Gasteiger partial charge in [-0.1, -0.05) is 44.5 Å². The number of rotatable bonds is 6. The molecule has 26 heavy (non-hydrogen) atoms. The second-order valence-corrected chi connectivity index (χ2v) is 7.16. The van der Waals surface area contributed by atoms with Crippen molar-refractivity contribution in [1.29, 1.82) is 0 Å². The third-order valence-electron chi connectivity index (χ3n) is 3.67. The Labute approximate surface area is 159 Å². The van der Waals surface area contributed by atoms with Gasteiger partial charge in [-0.05, 0) is 46.9 Å². The molecule has 2 aromatic carbocycles. The van der Waals surface area contributed by atoms with E-state index in [0.717, 1.165) is 5.56 Å². The maximum atomic E-state index is 11.8. The molecule has 0 unspecified atom stereocenters. The van der Waals surface area contributed by atoms with Gasteiger partial charge in [0.2, 0.25) is 0 Å². The highest BCUT2D eigenvalue weighted by molar-refractivity contribution is 6.32. The van der Waals surface area contributed by atoms with Crippen LogP contribution in [0.1, 0.15) is 31.9 Å². The zero-order valence-corrected chi connectivity index (χ0v) is 16.1. The fraction of sp³-hybridized carbons (Fsp3) is 0.300. The van der Waals surface area contributed by atoms with Gasteiger partial charge in [-0.15, -0.1) is 0 Å². The largest absolute Gasteiger partial charge is 0.495 e. The average Bonchev–Trinajstić information content (AvgIpc) is 2.60. The van der Waals surface area contributed by atoms with Crippen molar-refractivity contribution in [1.82, 2.24) is 5.43 Å². The lowest BCUT2D eigenvalue weighted by molar-refractivity contribution is -0.123. The minimum Gasteiger partial charge on any atom is -0.495 e. The molecular formula is C20H23ClN2O3. The van der Waals surface area contributed by atoms with E-state index in [4.69, 9.17) is 21.1 Å². The van der Waals surface area contributed by atoms with Crippen LogP contribution >= 0.6 is 11.6 Å². The number of hydrazone groups is 1. The van der Waals surface area contributed by atoms with Gasteiger partial charge < -0.3 is 9.47 Å². The number of carbonyl (C=O) groups excluding carboxylic acids is 1. The van der Waals surface area contributed by atoms with E-state index in [1.165, 1.54) is 11.8 Å². The van der Waals surface area contributed by atoms with Crippen LogP contribution in [0, 0.1) is 0 Å². The molecule has 0 saturated heterocycles. The van der Waals surface area contributed by atoms with E-state index in [1.807, 2.05) is 24.3 Å². The molecular weight excluding hydrogens is 352 g/mol. The molecule has 0 saturated carbocycles. The summed E-state index contributed by atoms with van der Waals surface area (Å²) in [7, 11) is 1.55. The summed E-state index contributed by atoms with van der Waals surface area (Å²) in [6.45, 7) is 6.31. The first-order valence-corrected chi connectivity index (χ1v) is 8.56. The number of halogens is 1. The molecule has 2 aromatic rings. The summed E-state index contributed by atoms with van der Waals surface area (Å²) in [5, 5.41) is 4.37. The van der Waals surface area contributed by atoms with Gasteiger partial charge in [-0.3, -0.25) is 4.79 Å². The Kier molecular flexibility index (Phi) is 6.64. The highest BCUT2D eigenvalue weighted by atomic mass is 35.5. The topological polar surface area (TPSA) is 59.9 Å². The van der Waals surface area contributed by atoms with Crippen LogP contribution in [-0.2, 0) is 10.2 Å². The van der Waals surface area contributed by atoms with Gasteiger partial charge in [0.25, 0.3) is 5.91 Å². The molecule has 5 nitrogen and oxygen atoms in total. The van der Waals surface area contributed by atoms with E-state index >= 15 is 0 Å². The van der Waals surface area contributed by atoms with Crippen LogP contribution in [0.3, 0.4) is 0 Å². The average molecular weight is 375 g/mol. The lowest BCUT2D eigenvalue weighted by Crippen LogP contribution is -2.24. The Morgan fingerprint density at radius 3 is 2.46 bits per heavy atom. The van der Waals surface area contributed by atoms with Crippen molar-refractivity contribution in [2.24, 2.45) is 5.10 Å². The van der Waals surface area contributed by atoms with Gasteiger partial charge >= 0.3 is 0 Å². The van der Waals surface area contributed by atoms with Crippen molar-refractivity contribution in [2.45, 2.75) is 26.2 Å². The van der Waals surface area contributed by atoms with Crippen molar-refractivity contribution >= 4 is 23.7 Å². The molecule has 0 heterocycles. The summed E-state index contributed by atoms with van der Waals surface area (Å²) in [5.41, 5.74) is 4.45. The molecule has 0 aromatic heterocycles. The normalized spacial score (nSPS) is 11.4. The van der Waals surface area contributed by atoms with Crippen molar-refractivity contribution in [2.75, 3.05) is 13.7 Å². The number of amides is 1. The molecule has 0 fully saturated rings. The van der Waals surface area contributed by atoms with E-state index in [0.29, 0.717) is 16.5 Å². The number of nitrogens with one attached hydrogen (secondary N) is 1. The van der Waals surface area contributed by atoms with E-state index in [-0.39, 0.29) is 17.9 Å². The lowest BCUT2D eigenvalue weighted by atomic mass is 9.87. The molecule has 0 bridgehead atoms. The predicted molar refractivity (Wildman–Crippen MR) is 104 cm³/mol. The first-order valence-electron chi connectivity index (χ1n) is 8.18. The summed E-state index contributed by atoms with van der Waals surface area (Å²) >= 11 is 6.03. The molecule has 2 rings (SSSR count). The maximum Gasteiger partial charge on any atom is 0.277 e. The van der Waals surface area contributed by atoms with Crippen molar-refractivity contribution in [3.8, 4) is 11.5 Å². The number of ether oxygens (including phenoxy) is 2. The number of nitrogens with zero attached hydrogens (tertiary/aromatic N) is 1. The van der Waals surface area contributed by atoms with Crippen molar-refractivity contribution in [3.63, 3.8) is 0 Å². The maximum absolute atomic E-state index is 11.8. The fourth-order valence-electron chi connectivity index (χ4n) is 2.17. The van der Waals surface area contributed by atoms with Gasteiger partial charge in [-0.25, -0.2) is 5.43 Å². The fourth-order valence-corrected chi connectivity index (χ4v) is 2.44. The number of hydrogen-bond acceptors (Lipinski definition) is 4. The zero-order chi connectivity index (χ0) is 19.2. The molecule has 0 aliphatic rings. The molecule has 0 atom stereocenters. The van der Waals surface area contributed by atoms with Crippen molar-refractivity contribution < 1.29 is 14.3 Å². The quantitative estimate of drug-likeness (QED) is 0.609. The van der Waals surface area contributed by atoms with Crippen LogP contribution in [0.2, 0.25) is 5.02 Å². The molecule has 138 valence electrons. The minimum atomic E-state index is -0.347. The highest BCUT2D eigenvalue weighted by Crippen LogP contribution is 2.25. The van der Waals surface area contributed by atoms with Crippen LogP contribution in [0.4, 0.5) is 0 Å². The Balaban J connectivity index is 1.82. The lowest BCUT2D eigenvalue weighted by Gasteiger charge is -2.19. The summed E-state index contributed by atoms with van der Waals surface area (Å²) in [6, 6.07) is 12.9. The Bertz CT molecular complexity index is 781. The Hall–Kier alpha value is -2.53. The third kappa shape index (κ3) is 5.77. The smallest absolute Gasteiger partial charge is 0.277 e. The molecule has 1 N–H and O–H groups in total. The zero-order valence-electron chi connectivity index (χ0n) is 15.4. The molecule has 0 aliphatic carbocycles. The predicted octanol–water partition coefficient (Wildman–Crippen LogP) is 4.18.